The van der Waals surface area contributed by atoms with E-state index in [2.05, 4.69) is 46.9 Å². The van der Waals surface area contributed by atoms with E-state index in [0.29, 0.717) is 6.10 Å². The van der Waals surface area contributed by atoms with E-state index in [1.54, 1.807) is 0 Å². The smallest absolute Gasteiger partial charge is 0.311 e. The molecule has 0 aromatic heterocycles. The normalized spacial score (nSPS) is 33.2. The molecule has 0 spiro atoms. The molecule has 4 atom stereocenters. The van der Waals surface area contributed by atoms with Crippen LogP contribution in [-0.4, -0.2) is 25.3 Å². The SMILES string of the molecule is COC(=O)[C@H]1[C@@H](c2ccc(I)cc2)CC2CC[C@H]1O2. The monoisotopic (exact) mass is 372 g/mol. The maximum atomic E-state index is 12.1. The highest BCUT2D eigenvalue weighted by atomic mass is 127. The number of hydrogen-bond donors (Lipinski definition) is 0. The van der Waals surface area contributed by atoms with Gasteiger partial charge in [0.2, 0.25) is 0 Å². The summed E-state index contributed by atoms with van der Waals surface area (Å²) in [4.78, 5) is 12.1. The number of ether oxygens (including phenoxy) is 2. The van der Waals surface area contributed by atoms with Crippen molar-refractivity contribution < 1.29 is 14.3 Å². The lowest BCUT2D eigenvalue weighted by atomic mass is 9.79. The Balaban J connectivity index is 1.92. The molecule has 102 valence electrons. The second kappa shape index (κ2) is 5.40. The van der Waals surface area contributed by atoms with E-state index < -0.39 is 0 Å². The number of benzene rings is 1. The maximum absolute atomic E-state index is 12.1. The molecule has 1 unspecified atom stereocenters. The van der Waals surface area contributed by atoms with Gasteiger partial charge in [0, 0.05) is 9.49 Å². The van der Waals surface area contributed by atoms with Gasteiger partial charge in [-0.1, -0.05) is 12.1 Å². The molecule has 1 aromatic rings. The van der Waals surface area contributed by atoms with Crippen molar-refractivity contribution in [1.82, 2.24) is 0 Å². The van der Waals surface area contributed by atoms with Crippen molar-refractivity contribution in [2.45, 2.75) is 37.4 Å². The molecule has 0 N–H and O–H groups in total. The van der Waals surface area contributed by atoms with Crippen LogP contribution in [0.1, 0.15) is 30.7 Å². The number of hydrogen-bond acceptors (Lipinski definition) is 3. The van der Waals surface area contributed by atoms with Gasteiger partial charge < -0.3 is 9.47 Å². The van der Waals surface area contributed by atoms with Crippen molar-refractivity contribution in [2.75, 3.05) is 7.11 Å². The molecular weight excluding hydrogens is 355 g/mol. The topological polar surface area (TPSA) is 35.5 Å². The van der Waals surface area contributed by atoms with Gasteiger partial charge in [0.1, 0.15) is 0 Å². The Labute approximate surface area is 126 Å². The Morgan fingerprint density at radius 3 is 2.74 bits per heavy atom. The zero-order chi connectivity index (χ0) is 13.4. The Morgan fingerprint density at radius 1 is 1.32 bits per heavy atom. The van der Waals surface area contributed by atoms with Crippen molar-refractivity contribution in [3.8, 4) is 0 Å². The third kappa shape index (κ3) is 2.52. The van der Waals surface area contributed by atoms with Crippen LogP contribution in [-0.2, 0) is 14.3 Å². The van der Waals surface area contributed by atoms with Crippen LogP contribution in [0, 0.1) is 9.49 Å². The molecule has 2 aliphatic rings. The summed E-state index contributed by atoms with van der Waals surface area (Å²) >= 11 is 2.30. The molecule has 0 radical (unpaired) electrons. The summed E-state index contributed by atoms with van der Waals surface area (Å²) in [6.07, 6.45) is 3.33. The molecule has 2 bridgehead atoms. The summed E-state index contributed by atoms with van der Waals surface area (Å²) in [7, 11) is 1.47. The third-order valence-electron chi connectivity index (χ3n) is 4.26. The fraction of sp³-hybridized carbons (Fsp3) is 0.533. The molecule has 4 heteroatoms. The highest BCUT2D eigenvalue weighted by Crippen LogP contribution is 2.45. The number of fused-ring (bicyclic) bond motifs is 2. The summed E-state index contributed by atoms with van der Waals surface area (Å²) in [5.41, 5.74) is 1.23. The van der Waals surface area contributed by atoms with Gasteiger partial charge in [0.15, 0.2) is 0 Å². The standard InChI is InChI=1S/C15H17IO3/c1-18-15(17)14-12(8-11-6-7-13(14)19-11)9-2-4-10(16)5-3-9/h2-5,11-14H,6-8H2,1H3/t11?,12-,13-,14+/m1/s1. The van der Waals surface area contributed by atoms with E-state index in [1.807, 2.05) is 0 Å². The molecule has 2 saturated heterocycles. The van der Waals surface area contributed by atoms with E-state index >= 15 is 0 Å². The average molecular weight is 372 g/mol. The van der Waals surface area contributed by atoms with Crippen LogP contribution < -0.4 is 0 Å². The summed E-state index contributed by atoms with van der Waals surface area (Å²) in [6.45, 7) is 0. The van der Waals surface area contributed by atoms with Crippen LogP contribution in [0.4, 0.5) is 0 Å². The van der Waals surface area contributed by atoms with E-state index in [9.17, 15) is 4.79 Å². The fourth-order valence-electron chi connectivity index (χ4n) is 3.37. The van der Waals surface area contributed by atoms with Gasteiger partial charge in [-0.15, -0.1) is 0 Å². The molecule has 0 aliphatic carbocycles. The number of esters is 1. The number of carbonyl (C=O) groups is 1. The highest BCUT2D eigenvalue weighted by Gasteiger charge is 2.47. The molecule has 19 heavy (non-hydrogen) atoms. The van der Waals surface area contributed by atoms with Gasteiger partial charge in [-0.25, -0.2) is 0 Å². The van der Waals surface area contributed by atoms with Gasteiger partial charge in [0.05, 0.1) is 25.2 Å². The highest BCUT2D eigenvalue weighted by molar-refractivity contribution is 14.1. The quantitative estimate of drug-likeness (QED) is 0.591. The molecular formula is C15H17IO3. The Kier molecular flexibility index (Phi) is 3.80. The van der Waals surface area contributed by atoms with Crippen molar-refractivity contribution >= 4 is 28.6 Å². The molecule has 2 aliphatic heterocycles. The lowest BCUT2D eigenvalue weighted by molar-refractivity contribution is -0.156. The summed E-state index contributed by atoms with van der Waals surface area (Å²) < 4.78 is 12.1. The second-order valence-corrected chi connectivity index (χ2v) is 6.56. The number of rotatable bonds is 2. The lowest BCUT2D eigenvalue weighted by Gasteiger charge is -2.35. The van der Waals surface area contributed by atoms with Gasteiger partial charge in [0.25, 0.3) is 0 Å². The molecule has 1 aromatic carbocycles. The van der Waals surface area contributed by atoms with E-state index in [4.69, 9.17) is 9.47 Å². The van der Waals surface area contributed by atoms with Crippen molar-refractivity contribution in [3.63, 3.8) is 0 Å². The van der Waals surface area contributed by atoms with Gasteiger partial charge in [-0.2, -0.15) is 0 Å². The maximum Gasteiger partial charge on any atom is 0.311 e. The minimum atomic E-state index is -0.149. The van der Waals surface area contributed by atoms with Crippen LogP contribution in [0.5, 0.6) is 0 Å². The molecule has 0 amide bonds. The van der Waals surface area contributed by atoms with Gasteiger partial charge >= 0.3 is 5.97 Å². The number of carbonyl (C=O) groups excluding carboxylic acids is 1. The zero-order valence-corrected chi connectivity index (χ0v) is 13.0. The van der Waals surface area contributed by atoms with E-state index in [0.717, 1.165) is 19.3 Å². The predicted molar refractivity (Wildman–Crippen MR) is 79.9 cm³/mol. The lowest BCUT2D eigenvalue weighted by Crippen LogP contribution is -2.39. The molecule has 3 rings (SSSR count). The minimum Gasteiger partial charge on any atom is -0.469 e. The Bertz CT molecular complexity index is 471. The third-order valence-corrected chi connectivity index (χ3v) is 4.98. The first kappa shape index (κ1) is 13.4. The zero-order valence-electron chi connectivity index (χ0n) is 10.8. The predicted octanol–water partition coefficient (Wildman–Crippen LogP) is 3.12. The molecule has 0 saturated carbocycles. The first-order chi connectivity index (χ1) is 9.19. The van der Waals surface area contributed by atoms with Gasteiger partial charge in [-0.3, -0.25) is 4.79 Å². The number of halogens is 1. The summed E-state index contributed by atoms with van der Waals surface area (Å²) in [6, 6.07) is 8.46. The fourth-order valence-corrected chi connectivity index (χ4v) is 3.73. The summed E-state index contributed by atoms with van der Waals surface area (Å²) in [5.74, 6) is -0.0478. The average Bonchev–Trinajstić information content (AvgIpc) is 2.80. The largest absolute Gasteiger partial charge is 0.469 e. The number of methoxy groups -OCH3 is 1. The van der Waals surface area contributed by atoms with E-state index in [-0.39, 0.29) is 23.9 Å². The van der Waals surface area contributed by atoms with Crippen LogP contribution >= 0.6 is 22.6 Å². The van der Waals surface area contributed by atoms with Crippen molar-refractivity contribution in [2.24, 2.45) is 5.92 Å². The minimum absolute atomic E-state index is 0.0375. The Hall–Kier alpha value is -0.620. The van der Waals surface area contributed by atoms with Crippen LogP contribution in [0.2, 0.25) is 0 Å². The second-order valence-electron chi connectivity index (χ2n) is 5.32. The van der Waals surface area contributed by atoms with Gasteiger partial charge in [-0.05, 0) is 59.5 Å². The van der Waals surface area contributed by atoms with Crippen LogP contribution in [0.15, 0.2) is 24.3 Å². The van der Waals surface area contributed by atoms with Crippen LogP contribution in [0.25, 0.3) is 0 Å². The first-order valence-electron chi connectivity index (χ1n) is 6.68. The van der Waals surface area contributed by atoms with E-state index in [1.165, 1.54) is 16.2 Å². The van der Waals surface area contributed by atoms with Crippen molar-refractivity contribution in [1.29, 1.82) is 0 Å². The van der Waals surface area contributed by atoms with Crippen LogP contribution in [0.3, 0.4) is 0 Å². The molecule has 2 heterocycles. The first-order valence-corrected chi connectivity index (χ1v) is 7.75. The summed E-state index contributed by atoms with van der Waals surface area (Å²) in [5, 5.41) is 0. The molecule has 3 nitrogen and oxygen atoms in total. The Morgan fingerprint density at radius 2 is 2.05 bits per heavy atom. The van der Waals surface area contributed by atoms with Crippen molar-refractivity contribution in [3.05, 3.63) is 33.4 Å². The molecule has 2 fully saturated rings.